The molecule has 6 aromatic rings. The number of Topliss-reactive ketones (excluding diaryl/α,β-unsaturated/α-hetero) is 3. The largest absolute Gasteiger partial charge is 0.470 e. The summed E-state index contributed by atoms with van der Waals surface area (Å²) in [5, 5.41) is 48.5. The summed E-state index contributed by atoms with van der Waals surface area (Å²) in [6.45, 7) is 11.9. The Labute approximate surface area is 489 Å². The molecular weight excluding hydrogens is 1070 g/mol. The molecule has 19 nitrogen and oxygen atoms in total. The van der Waals surface area contributed by atoms with Gasteiger partial charge in [-0.15, -0.1) is 0 Å². The van der Waals surface area contributed by atoms with Crippen LogP contribution < -0.4 is 19.5 Å². The second-order valence-electron chi connectivity index (χ2n) is 24.0. The van der Waals surface area contributed by atoms with Crippen molar-refractivity contribution in [2.24, 2.45) is 41.4 Å². The number of carbonyl (C=O) groups is 3. The van der Waals surface area contributed by atoms with Crippen molar-refractivity contribution < 1.29 is 62.2 Å². The minimum absolute atomic E-state index is 0.0211. The lowest BCUT2D eigenvalue weighted by molar-refractivity contribution is -0.0861. The van der Waals surface area contributed by atoms with Gasteiger partial charge >= 0.3 is 0 Å². The van der Waals surface area contributed by atoms with E-state index >= 15 is 0 Å². The summed E-state index contributed by atoms with van der Waals surface area (Å²) >= 11 is 0. The molecule has 4 heterocycles. The topological polar surface area (TPSA) is 249 Å². The Morgan fingerprint density at radius 2 is 1.21 bits per heavy atom. The van der Waals surface area contributed by atoms with Crippen molar-refractivity contribution in [3.05, 3.63) is 166 Å². The summed E-state index contributed by atoms with van der Waals surface area (Å²) < 4.78 is 40.2. The third-order valence-corrected chi connectivity index (χ3v) is 18.5. The van der Waals surface area contributed by atoms with Gasteiger partial charge in [0.25, 0.3) is 17.6 Å². The second kappa shape index (κ2) is 24.5. The average Bonchev–Trinajstić information content (AvgIpc) is 2.05. The van der Waals surface area contributed by atoms with Crippen LogP contribution in [0.3, 0.4) is 0 Å². The van der Waals surface area contributed by atoms with Crippen LogP contribution in [0.5, 0.6) is 17.6 Å². The molecule has 3 aromatic carbocycles. The van der Waals surface area contributed by atoms with Crippen LogP contribution in [0.1, 0.15) is 124 Å². The SMILES string of the molecule is CNC[C@@H]1c2onc(OCc3ccccc3)c2C(=O)[C@]2(O)CC[C@H]1[C@@H](C)[C@H]2C.C[C@@H]1C=C[C@@H]2O[C@]2(C(=O)c2c(OCc3ccccc3)noc2CN(C)C)[C@@H]1C.C[C@@H]1[C@H](O)C=C[C@H]2[C@H](N(C)C)c3onc(OCc4ccccc4)c3C(=O)[C@@]12O. The molecule has 1 saturated carbocycles. The minimum atomic E-state index is -1.77. The van der Waals surface area contributed by atoms with E-state index in [1.807, 2.05) is 149 Å². The van der Waals surface area contributed by atoms with E-state index in [0.29, 0.717) is 60.4 Å². The zero-order valence-corrected chi connectivity index (χ0v) is 49.4. The molecule has 7 aliphatic rings. The normalized spacial score (nSPS) is 30.6. The van der Waals surface area contributed by atoms with E-state index < -0.39 is 46.6 Å². The lowest BCUT2D eigenvalue weighted by atomic mass is 9.57. The molecule has 4 N–H and O–H groups in total. The van der Waals surface area contributed by atoms with Gasteiger partial charge in [-0.05, 0) is 104 Å². The Kier molecular flexibility index (Phi) is 17.5. The summed E-state index contributed by atoms with van der Waals surface area (Å²) in [6, 6.07) is 28.6. The number of allylic oxidation sites excluding steroid dienone is 1. The second-order valence-corrected chi connectivity index (χ2v) is 24.0. The molecule has 2 fully saturated rings. The van der Waals surface area contributed by atoms with Crippen molar-refractivity contribution >= 4 is 17.3 Å². The van der Waals surface area contributed by atoms with Gasteiger partial charge < -0.3 is 58.1 Å². The maximum Gasteiger partial charge on any atom is 0.265 e. The number of carbonyl (C=O) groups excluding carboxylic acids is 3. The van der Waals surface area contributed by atoms with Crippen LogP contribution in [-0.4, -0.2) is 129 Å². The Balaban J connectivity index is 0.000000140. The van der Waals surface area contributed by atoms with E-state index in [0.717, 1.165) is 23.1 Å². The van der Waals surface area contributed by atoms with Crippen LogP contribution in [0.25, 0.3) is 0 Å². The minimum Gasteiger partial charge on any atom is -0.470 e. The summed E-state index contributed by atoms with van der Waals surface area (Å²) in [7, 11) is 9.44. The zero-order chi connectivity index (χ0) is 59.8. The van der Waals surface area contributed by atoms with Gasteiger partial charge in [-0.1, -0.05) is 150 Å². The number of aliphatic hydroxyl groups is 3. The lowest BCUT2D eigenvalue weighted by Gasteiger charge is -2.48. The number of benzene rings is 3. The highest BCUT2D eigenvalue weighted by Gasteiger charge is 2.68. The van der Waals surface area contributed by atoms with Crippen molar-refractivity contribution in [1.82, 2.24) is 30.6 Å². The monoisotopic (exact) mass is 1150 g/mol. The predicted octanol–water partition coefficient (Wildman–Crippen LogP) is 8.61. The number of nitrogens with zero attached hydrogens (tertiary/aromatic N) is 5. The number of likely N-dealkylation sites (N-methyl/N-ethyl adjacent to an activating group) is 1. The van der Waals surface area contributed by atoms with Gasteiger partial charge in [0.05, 0.1) is 18.7 Å². The first kappa shape index (κ1) is 60.0. The number of nitrogens with one attached hydrogen (secondary N) is 1. The number of rotatable bonds is 16. The fraction of sp³-hybridized carbons (Fsp3) is 0.477. The molecule has 6 aliphatic carbocycles. The van der Waals surface area contributed by atoms with Crippen molar-refractivity contribution in [2.75, 3.05) is 41.8 Å². The van der Waals surface area contributed by atoms with Gasteiger partial charge in [0.2, 0.25) is 17.3 Å². The van der Waals surface area contributed by atoms with Crippen LogP contribution >= 0.6 is 0 Å². The molecule has 446 valence electrons. The third kappa shape index (κ3) is 11.0. The Morgan fingerprint density at radius 1 is 0.679 bits per heavy atom. The lowest BCUT2D eigenvalue weighted by Crippen LogP contribution is -2.61. The van der Waals surface area contributed by atoms with Gasteiger partial charge in [-0.3, -0.25) is 19.3 Å². The summed E-state index contributed by atoms with van der Waals surface area (Å²) in [5.74, 6) is 0.479. The maximum absolute atomic E-state index is 13.7. The smallest absolute Gasteiger partial charge is 0.265 e. The molecule has 19 heteroatoms. The van der Waals surface area contributed by atoms with Gasteiger partial charge in [0, 0.05) is 30.2 Å². The van der Waals surface area contributed by atoms with Crippen molar-refractivity contribution in [3.63, 3.8) is 0 Å². The first-order valence-corrected chi connectivity index (χ1v) is 29.0. The molecule has 0 spiro atoms. The highest BCUT2D eigenvalue weighted by molar-refractivity contribution is 6.08. The third-order valence-electron chi connectivity index (χ3n) is 18.5. The molecule has 0 amide bonds. The maximum atomic E-state index is 13.7. The van der Waals surface area contributed by atoms with Crippen molar-refractivity contribution in [2.45, 2.75) is 115 Å². The van der Waals surface area contributed by atoms with Crippen LogP contribution in [0.2, 0.25) is 0 Å². The average molecular weight is 1150 g/mol. The van der Waals surface area contributed by atoms with Gasteiger partial charge in [0.15, 0.2) is 22.9 Å². The molecule has 0 radical (unpaired) electrons. The molecule has 3 aromatic heterocycles. The number of aliphatic hydroxyl groups excluding tert-OH is 1. The summed E-state index contributed by atoms with van der Waals surface area (Å²) in [6.07, 6.45) is 7.59. The Bertz CT molecular complexity index is 3340. The molecule has 84 heavy (non-hydrogen) atoms. The van der Waals surface area contributed by atoms with E-state index in [1.165, 1.54) is 0 Å². The van der Waals surface area contributed by atoms with Crippen LogP contribution in [0.15, 0.2) is 129 Å². The quantitative estimate of drug-likeness (QED) is 0.0402. The summed E-state index contributed by atoms with van der Waals surface area (Å²) in [5.41, 5.74) is -0.228. The molecule has 1 saturated heterocycles. The Hall–Kier alpha value is -7.10. The fourth-order valence-corrected chi connectivity index (χ4v) is 13.2. The highest BCUT2D eigenvalue weighted by Crippen LogP contribution is 2.55. The van der Waals surface area contributed by atoms with Gasteiger partial charge in [-0.25, -0.2) is 0 Å². The number of epoxide rings is 1. The first-order chi connectivity index (χ1) is 40.3. The zero-order valence-electron chi connectivity index (χ0n) is 49.4. The van der Waals surface area contributed by atoms with Crippen molar-refractivity contribution in [3.8, 4) is 17.6 Å². The van der Waals surface area contributed by atoms with Crippen LogP contribution in [0.4, 0.5) is 0 Å². The molecular formula is C65H78N6O13. The fourth-order valence-electron chi connectivity index (χ4n) is 13.2. The molecule has 14 atom stereocenters. The van der Waals surface area contributed by atoms with Crippen molar-refractivity contribution in [1.29, 1.82) is 0 Å². The number of aromatic nitrogens is 3. The van der Waals surface area contributed by atoms with Gasteiger partial charge in [-0.2, -0.15) is 0 Å². The summed E-state index contributed by atoms with van der Waals surface area (Å²) in [4.78, 5) is 44.4. The van der Waals surface area contributed by atoms with Crippen LogP contribution in [0, 0.1) is 41.4 Å². The van der Waals surface area contributed by atoms with Crippen LogP contribution in [-0.2, 0) is 31.1 Å². The van der Waals surface area contributed by atoms with E-state index in [1.54, 1.807) is 19.1 Å². The number of ether oxygens (including phenoxy) is 4. The Morgan fingerprint density at radius 3 is 1.76 bits per heavy atom. The van der Waals surface area contributed by atoms with E-state index in [9.17, 15) is 29.7 Å². The molecule has 1 aliphatic heterocycles. The standard InChI is InChI=1S/C22H26N2O4.C22H28N2O4.C21H24N2O5/c1-14-10-11-18-22(27-18,15(14)2)20(25)19-17(12-24(3)4)28-23-21(19)26-13-16-8-6-5-7-9-16;1-13-14(2)22(26)10-9-16(13)17(11-23-3)19-18(20(22)25)21(24-28-19)27-12-15-7-5-4-6-8-15;1-12-15(24)10-9-14-17(23(2)3)18-16(19(25)21(12,14)26)20(22-28-18)27-11-13-7-5-4-6-8-13/h5-11,14-15,18H,12-13H2,1-4H3;4-8,13-14,16-17,23,26H,9-12H2,1-3H3;4-10,12,14-15,17,24,26H,11H2,1-3H3/t14-,15-,18+,22-;13-,14+,16-,17-,22-;12-,14+,15-,17+,21-/m101/s1. The van der Waals surface area contributed by atoms with E-state index in [4.69, 9.17) is 32.5 Å². The number of hydrogen-bond acceptors (Lipinski definition) is 19. The molecule has 13 rings (SSSR count). The van der Waals surface area contributed by atoms with Gasteiger partial charge in [0.1, 0.15) is 53.8 Å². The number of ketones is 3. The molecule has 2 bridgehead atoms. The number of fused-ring (bicyclic) bond motifs is 5. The van der Waals surface area contributed by atoms with E-state index in [2.05, 4.69) is 47.6 Å². The molecule has 0 unspecified atom stereocenters. The number of hydrogen-bond donors (Lipinski definition) is 4. The predicted molar refractivity (Wildman–Crippen MR) is 309 cm³/mol. The van der Waals surface area contributed by atoms with E-state index in [-0.39, 0.29) is 83.7 Å². The highest BCUT2D eigenvalue weighted by atomic mass is 16.6. The first-order valence-electron chi connectivity index (χ1n) is 29.0.